The molecule has 386 valence electrons. The van der Waals surface area contributed by atoms with Crippen LogP contribution >= 0.6 is 34.8 Å². The molecule has 1 aliphatic heterocycles. The second kappa shape index (κ2) is 23.1. The van der Waals surface area contributed by atoms with Gasteiger partial charge in [-0.15, -0.1) is 0 Å². The van der Waals surface area contributed by atoms with Crippen LogP contribution in [-0.4, -0.2) is 91.2 Å². The summed E-state index contributed by atoms with van der Waals surface area (Å²) in [6.45, 7) is 21.5. The number of nitrogens with zero attached hydrogens (tertiary/aromatic N) is 10. The maximum atomic E-state index is 15.1. The standard InChI is InChI=1S/C20H23ClFN7O2.C19H28BClFNO4.C7H7ClN6/c1-11(26-19(30)31-20(2,3)4)13-6-7-14(16(22)15(13)21)17-23-10-24-18(28-17)27-12-8-25-29(5)9-12;1-11(23-16(24)25-17(2,3)4)12-9-10-13(15(22)14(12)21)20-26-18(5,6)19(7,8)27-20;1-14-3-5(2-11-14)12-7-10-4-9-6(8)13-7/h6-11H,1-5H3,(H,26,30)(H,23,24,27,28);9-11H,1-8H3,(H,23,24);2-4H,1H3,(H,9,10,12,13)/t2*11-;/m11./s1. The summed E-state index contributed by atoms with van der Waals surface area (Å²) in [5.74, 6) is -0.573. The summed E-state index contributed by atoms with van der Waals surface area (Å²) < 4.78 is 55.6. The van der Waals surface area contributed by atoms with Gasteiger partial charge < -0.3 is 40.0 Å². The fraction of sp³-hybridized carbons (Fsp3) is 0.435. The number of anilines is 4. The predicted molar refractivity (Wildman–Crippen MR) is 271 cm³/mol. The maximum Gasteiger partial charge on any atom is 0.497 e. The Balaban J connectivity index is 0.000000214. The van der Waals surface area contributed by atoms with Crippen LogP contribution in [0.15, 0.2) is 61.7 Å². The molecule has 26 heteroatoms. The van der Waals surface area contributed by atoms with E-state index in [9.17, 15) is 14.0 Å². The molecule has 7 rings (SSSR count). The van der Waals surface area contributed by atoms with Gasteiger partial charge in [0.25, 0.3) is 0 Å². The Kier molecular flexibility index (Phi) is 18.2. The predicted octanol–water partition coefficient (Wildman–Crippen LogP) is 9.76. The molecular weight excluding hydrogens is 1000 g/mol. The molecular formula is C46H58BCl3F2N14O6. The molecule has 4 aromatic heterocycles. The molecule has 1 aliphatic rings. The first-order valence-corrected chi connectivity index (χ1v) is 23.4. The van der Waals surface area contributed by atoms with Gasteiger partial charge in [0.15, 0.2) is 11.6 Å². The number of carbonyl (C=O) groups excluding carboxylic acids is 2. The molecule has 0 bridgehead atoms. The molecule has 20 nitrogen and oxygen atoms in total. The summed E-state index contributed by atoms with van der Waals surface area (Å²) in [6.07, 6.45) is 8.22. The molecule has 2 atom stereocenters. The van der Waals surface area contributed by atoms with Crippen molar-refractivity contribution in [1.82, 2.24) is 60.1 Å². The van der Waals surface area contributed by atoms with Gasteiger partial charge in [0.2, 0.25) is 17.2 Å². The van der Waals surface area contributed by atoms with Crippen LogP contribution in [0.3, 0.4) is 0 Å². The van der Waals surface area contributed by atoms with E-state index in [1.54, 1.807) is 115 Å². The number of nitrogens with one attached hydrogen (secondary N) is 4. The first kappa shape index (κ1) is 56.6. The molecule has 5 heterocycles. The molecule has 0 spiro atoms. The van der Waals surface area contributed by atoms with Crippen LogP contribution in [0.1, 0.15) is 106 Å². The Morgan fingerprint density at radius 2 is 1.12 bits per heavy atom. The number of benzene rings is 2. The van der Waals surface area contributed by atoms with Crippen molar-refractivity contribution in [2.75, 3.05) is 10.6 Å². The monoisotopic (exact) mass is 1060 g/mol. The smallest absolute Gasteiger partial charge is 0.444 e. The second-order valence-corrected chi connectivity index (χ2v) is 20.4. The summed E-state index contributed by atoms with van der Waals surface area (Å²) in [5.41, 5.74) is 0.216. The van der Waals surface area contributed by atoms with E-state index in [1.807, 2.05) is 34.7 Å². The van der Waals surface area contributed by atoms with Gasteiger partial charge in [0, 0.05) is 32.0 Å². The van der Waals surface area contributed by atoms with Gasteiger partial charge in [-0.1, -0.05) is 41.4 Å². The van der Waals surface area contributed by atoms with Gasteiger partial charge in [-0.05, 0) is 112 Å². The third-order valence-electron chi connectivity index (χ3n) is 10.4. The molecule has 1 saturated heterocycles. The number of hydrogen-bond acceptors (Lipinski definition) is 16. The minimum Gasteiger partial charge on any atom is -0.444 e. The molecule has 0 aliphatic carbocycles. The van der Waals surface area contributed by atoms with Crippen LogP contribution in [0.5, 0.6) is 0 Å². The SMILES string of the molecule is C[C@@H](NC(=O)OC(C)(C)C)c1ccc(-c2ncnc(Nc3cnn(C)c3)n2)c(F)c1Cl.C[C@@H](NC(=O)OC(C)(C)C)c1ccc(B2OC(C)(C)C(C)(C)O2)c(F)c1Cl.Cn1cc(Nc2ncnc(Cl)n2)cn1. The van der Waals surface area contributed by atoms with Gasteiger partial charge in [0.05, 0.1) is 62.7 Å². The normalized spacial score (nSPS) is 14.7. The van der Waals surface area contributed by atoms with Gasteiger partial charge >= 0.3 is 19.3 Å². The van der Waals surface area contributed by atoms with E-state index in [-0.39, 0.29) is 38.1 Å². The van der Waals surface area contributed by atoms with E-state index >= 15 is 4.39 Å². The zero-order chi connectivity index (χ0) is 53.5. The number of amides is 2. The lowest BCUT2D eigenvalue weighted by Crippen LogP contribution is -2.41. The molecule has 6 aromatic rings. The van der Waals surface area contributed by atoms with Crippen molar-refractivity contribution in [3.63, 3.8) is 0 Å². The zero-order valence-corrected chi connectivity index (χ0v) is 44.6. The average molecular weight is 1060 g/mol. The highest BCUT2D eigenvalue weighted by Crippen LogP contribution is 2.38. The molecule has 2 aromatic carbocycles. The van der Waals surface area contributed by atoms with Crippen molar-refractivity contribution in [3.8, 4) is 11.4 Å². The van der Waals surface area contributed by atoms with Gasteiger partial charge in [-0.25, -0.2) is 38.3 Å². The highest BCUT2D eigenvalue weighted by molar-refractivity contribution is 6.62. The number of alkyl carbamates (subject to hydrolysis) is 2. The largest absolute Gasteiger partial charge is 0.497 e. The summed E-state index contributed by atoms with van der Waals surface area (Å²) in [4.78, 5) is 47.7. The molecule has 0 unspecified atom stereocenters. The highest BCUT2D eigenvalue weighted by atomic mass is 35.5. The van der Waals surface area contributed by atoms with E-state index < -0.39 is 65.4 Å². The van der Waals surface area contributed by atoms with Crippen molar-refractivity contribution in [2.45, 2.75) is 118 Å². The average Bonchev–Trinajstić information content (AvgIpc) is 3.92. The molecule has 72 heavy (non-hydrogen) atoms. The quantitative estimate of drug-likeness (QED) is 0.0935. The van der Waals surface area contributed by atoms with Crippen molar-refractivity contribution in [3.05, 3.63) is 99.8 Å². The Hall–Kier alpha value is -6.27. The number of halogens is 5. The minimum atomic E-state index is -0.851. The van der Waals surface area contributed by atoms with Crippen LogP contribution < -0.4 is 26.7 Å². The van der Waals surface area contributed by atoms with Crippen molar-refractivity contribution < 1.29 is 37.2 Å². The lowest BCUT2D eigenvalue weighted by atomic mass is 9.78. The van der Waals surface area contributed by atoms with Crippen LogP contribution in [0.25, 0.3) is 11.4 Å². The molecule has 4 N–H and O–H groups in total. The van der Waals surface area contributed by atoms with Crippen molar-refractivity contribution >= 4 is 82.8 Å². The Morgan fingerprint density at radius 1 is 0.681 bits per heavy atom. The van der Waals surface area contributed by atoms with Crippen LogP contribution in [0, 0.1) is 11.6 Å². The second-order valence-electron chi connectivity index (χ2n) is 19.3. The number of rotatable bonds is 10. The fourth-order valence-electron chi connectivity index (χ4n) is 6.31. The van der Waals surface area contributed by atoms with Crippen LogP contribution in [-0.2, 0) is 32.9 Å². The fourth-order valence-corrected chi connectivity index (χ4v) is 7.10. The summed E-state index contributed by atoms with van der Waals surface area (Å²) in [6, 6.07) is 5.24. The van der Waals surface area contributed by atoms with Gasteiger partial charge in [-0.2, -0.15) is 20.2 Å². The number of hydrogen-bond donors (Lipinski definition) is 4. The van der Waals surface area contributed by atoms with E-state index in [4.69, 9.17) is 53.6 Å². The first-order valence-electron chi connectivity index (χ1n) is 22.3. The van der Waals surface area contributed by atoms with Gasteiger partial charge in [0.1, 0.15) is 29.7 Å². The number of carbonyl (C=O) groups is 2. The maximum absolute atomic E-state index is 15.1. The van der Waals surface area contributed by atoms with E-state index in [2.05, 4.69) is 61.4 Å². The first-order chi connectivity index (χ1) is 33.4. The number of ether oxygens (including phenoxy) is 2. The van der Waals surface area contributed by atoms with Crippen molar-refractivity contribution in [2.24, 2.45) is 14.1 Å². The van der Waals surface area contributed by atoms with E-state index in [0.717, 1.165) is 5.69 Å². The Labute approximate surface area is 431 Å². The topological polar surface area (TPSA) is 232 Å². The third kappa shape index (κ3) is 15.6. The Morgan fingerprint density at radius 3 is 1.57 bits per heavy atom. The van der Waals surface area contributed by atoms with Gasteiger partial charge in [-0.3, -0.25) is 9.36 Å². The number of aromatic nitrogens is 10. The number of aryl methyl sites for hydroxylation is 2. The van der Waals surface area contributed by atoms with Crippen LogP contribution in [0.4, 0.5) is 41.6 Å². The Bertz CT molecular complexity index is 2850. The molecule has 0 saturated carbocycles. The van der Waals surface area contributed by atoms with Crippen molar-refractivity contribution in [1.29, 1.82) is 0 Å². The van der Waals surface area contributed by atoms with E-state index in [1.165, 1.54) is 18.7 Å². The zero-order valence-electron chi connectivity index (χ0n) is 42.3. The minimum absolute atomic E-state index is 0.0780. The van der Waals surface area contributed by atoms with E-state index in [0.29, 0.717) is 22.8 Å². The van der Waals surface area contributed by atoms with Crippen LogP contribution in [0.2, 0.25) is 15.3 Å². The summed E-state index contributed by atoms with van der Waals surface area (Å²) in [5, 5.41) is 19.2. The lowest BCUT2D eigenvalue weighted by Gasteiger charge is -2.32. The molecule has 1 fully saturated rings. The summed E-state index contributed by atoms with van der Waals surface area (Å²) >= 11 is 18.1. The molecule has 0 radical (unpaired) electrons. The third-order valence-corrected chi connectivity index (χ3v) is 11.4. The highest BCUT2D eigenvalue weighted by Gasteiger charge is 2.52. The lowest BCUT2D eigenvalue weighted by molar-refractivity contribution is 0.00578. The summed E-state index contributed by atoms with van der Waals surface area (Å²) in [7, 11) is 2.75. The molecule has 2 amide bonds.